The van der Waals surface area contributed by atoms with Gasteiger partial charge in [-0.15, -0.1) is 0 Å². The van der Waals surface area contributed by atoms with Crippen LogP contribution in [-0.4, -0.2) is 23.0 Å². The molecule has 2 N–H and O–H groups in total. The molecule has 0 radical (unpaired) electrons. The van der Waals surface area contributed by atoms with Crippen LogP contribution < -0.4 is 5.32 Å². The molecule has 6 rings (SSSR count). The van der Waals surface area contributed by atoms with E-state index in [1.165, 1.54) is 0 Å². The summed E-state index contributed by atoms with van der Waals surface area (Å²) in [5, 5.41) is 14.2. The van der Waals surface area contributed by atoms with Gasteiger partial charge >= 0.3 is 5.97 Å². The number of hydrogen-bond acceptors (Lipinski definition) is 2. The van der Waals surface area contributed by atoms with Gasteiger partial charge < -0.3 is 10.4 Å². The van der Waals surface area contributed by atoms with Gasteiger partial charge in [0.25, 0.3) is 0 Å². The van der Waals surface area contributed by atoms with Gasteiger partial charge in [-0.25, -0.2) is 0 Å². The number of carboxylic acid groups (broad SMARTS) is 1. The lowest BCUT2D eigenvalue weighted by atomic mass is 9.48. The third kappa shape index (κ3) is 2.63. The van der Waals surface area contributed by atoms with E-state index in [0.29, 0.717) is 28.8 Å². The van der Waals surface area contributed by atoms with Crippen LogP contribution in [0.2, 0.25) is 10.0 Å². The van der Waals surface area contributed by atoms with Crippen molar-refractivity contribution >= 4 is 35.1 Å². The zero-order chi connectivity index (χ0) is 19.0. The quantitative estimate of drug-likeness (QED) is 0.775. The molecule has 4 bridgehead atoms. The second-order valence-corrected chi connectivity index (χ2v) is 10.1. The first kappa shape index (κ1) is 17.8. The van der Waals surface area contributed by atoms with E-state index >= 15 is 0 Å². The molecule has 4 nitrogen and oxygen atoms in total. The van der Waals surface area contributed by atoms with Crippen molar-refractivity contribution in [2.24, 2.45) is 23.2 Å². The minimum Gasteiger partial charge on any atom is -0.481 e. The van der Waals surface area contributed by atoms with E-state index in [1.54, 1.807) is 12.1 Å². The molecule has 27 heavy (non-hydrogen) atoms. The Morgan fingerprint density at radius 1 is 1.07 bits per heavy atom. The molecule has 0 spiro atoms. The van der Waals surface area contributed by atoms with Gasteiger partial charge in [-0.1, -0.05) is 29.3 Å². The number of rotatable bonds is 4. The summed E-state index contributed by atoms with van der Waals surface area (Å²) in [6.45, 7) is 0. The van der Waals surface area contributed by atoms with Crippen LogP contribution in [0, 0.1) is 23.2 Å². The minimum atomic E-state index is -0.640. The van der Waals surface area contributed by atoms with Crippen molar-refractivity contribution in [3.63, 3.8) is 0 Å². The first-order chi connectivity index (χ1) is 12.8. The average molecular weight is 408 g/mol. The Morgan fingerprint density at radius 2 is 1.74 bits per heavy atom. The Hall–Kier alpha value is -1.26. The molecule has 144 valence electrons. The van der Waals surface area contributed by atoms with Crippen molar-refractivity contribution in [3.05, 3.63) is 33.8 Å². The van der Waals surface area contributed by atoms with Crippen molar-refractivity contribution in [1.82, 2.24) is 5.32 Å². The molecule has 5 fully saturated rings. The first-order valence-corrected chi connectivity index (χ1v) is 10.6. The Balaban J connectivity index is 1.37. The van der Waals surface area contributed by atoms with Gasteiger partial charge in [-0.3, -0.25) is 9.59 Å². The molecule has 1 aromatic carbocycles. The Labute approximate surface area is 168 Å². The summed E-state index contributed by atoms with van der Waals surface area (Å²) in [6, 6.07) is 5.46. The third-order valence-corrected chi connectivity index (χ3v) is 8.20. The number of hydrogen-bond donors (Lipinski definition) is 2. The number of amides is 1. The molecule has 0 saturated heterocycles. The summed E-state index contributed by atoms with van der Waals surface area (Å²) in [4.78, 5) is 25.1. The highest BCUT2D eigenvalue weighted by Gasteiger charge is 2.60. The van der Waals surface area contributed by atoms with E-state index in [2.05, 4.69) is 5.32 Å². The molecule has 5 aliphatic rings. The number of halogens is 2. The van der Waals surface area contributed by atoms with E-state index in [1.807, 2.05) is 6.07 Å². The van der Waals surface area contributed by atoms with Gasteiger partial charge in [0.05, 0.1) is 10.8 Å². The molecule has 1 aromatic rings. The number of carboxylic acids is 1. The first-order valence-electron chi connectivity index (χ1n) is 9.83. The zero-order valence-electron chi connectivity index (χ0n) is 15.0. The van der Waals surface area contributed by atoms with Crippen molar-refractivity contribution in [2.45, 2.75) is 56.4 Å². The van der Waals surface area contributed by atoms with Crippen LogP contribution in [0.3, 0.4) is 0 Å². The normalized spacial score (nSPS) is 37.9. The smallest absolute Gasteiger partial charge is 0.309 e. The maximum absolute atomic E-state index is 13.3. The van der Waals surface area contributed by atoms with Crippen LogP contribution in [0.25, 0.3) is 0 Å². The summed E-state index contributed by atoms with van der Waals surface area (Å²) in [7, 11) is 0. The van der Waals surface area contributed by atoms with Gasteiger partial charge in [0, 0.05) is 16.1 Å². The van der Waals surface area contributed by atoms with Crippen LogP contribution in [-0.2, 0) is 15.0 Å². The average Bonchev–Trinajstić information content (AvgIpc) is 3.39. The molecule has 5 aliphatic carbocycles. The number of nitrogens with one attached hydrogen (secondary N) is 1. The number of aliphatic carboxylic acids is 1. The Bertz CT molecular complexity index is 819. The lowest BCUT2D eigenvalue weighted by Gasteiger charge is -2.58. The predicted molar refractivity (Wildman–Crippen MR) is 103 cm³/mol. The SMILES string of the molecule is O=C(O)C12CC3C[C@H](C1)C(NC(=O)C1(c4ccc(Cl)cc4Cl)CC1)[C@@H](C3)C2. The second-order valence-electron chi connectivity index (χ2n) is 9.26. The minimum absolute atomic E-state index is 0.0496. The summed E-state index contributed by atoms with van der Waals surface area (Å²) in [5.41, 5.74) is -0.230. The van der Waals surface area contributed by atoms with Gasteiger partial charge in [-0.05, 0) is 80.4 Å². The van der Waals surface area contributed by atoms with E-state index in [9.17, 15) is 14.7 Å². The zero-order valence-corrected chi connectivity index (χ0v) is 16.5. The number of carbonyl (C=O) groups is 2. The monoisotopic (exact) mass is 407 g/mol. The summed E-state index contributed by atoms with van der Waals surface area (Å²) < 4.78 is 0. The van der Waals surface area contributed by atoms with Crippen molar-refractivity contribution in [3.8, 4) is 0 Å². The maximum Gasteiger partial charge on any atom is 0.309 e. The lowest BCUT2D eigenvalue weighted by molar-refractivity contribution is -0.167. The van der Waals surface area contributed by atoms with E-state index in [-0.39, 0.29) is 23.8 Å². The molecular formula is C21H23Cl2NO3. The molecule has 6 heteroatoms. The summed E-state index contributed by atoms with van der Waals surface area (Å²) in [6.07, 6.45) is 5.91. The Kier molecular flexibility index (Phi) is 3.87. The van der Waals surface area contributed by atoms with Gasteiger partial charge in [-0.2, -0.15) is 0 Å². The molecule has 0 aliphatic heterocycles. The number of carbonyl (C=O) groups excluding carboxylic acids is 1. The fourth-order valence-corrected chi connectivity index (χ4v) is 7.02. The Morgan fingerprint density at radius 3 is 2.30 bits per heavy atom. The van der Waals surface area contributed by atoms with E-state index < -0.39 is 16.8 Å². The van der Waals surface area contributed by atoms with Crippen LogP contribution in [0.15, 0.2) is 18.2 Å². The van der Waals surface area contributed by atoms with Gasteiger partial charge in [0.15, 0.2) is 0 Å². The van der Waals surface area contributed by atoms with Crippen molar-refractivity contribution in [1.29, 1.82) is 0 Å². The fourth-order valence-electron chi connectivity index (χ4n) is 6.43. The third-order valence-electron chi connectivity index (χ3n) is 7.66. The highest BCUT2D eigenvalue weighted by Crippen LogP contribution is 2.60. The van der Waals surface area contributed by atoms with Crippen LogP contribution in [0.1, 0.15) is 50.5 Å². The largest absolute Gasteiger partial charge is 0.481 e. The standard InChI is InChI=1S/C21H23Cl2NO3/c22-14-1-2-15(16(23)7-14)21(3-4-21)18(25)24-17-12-5-11-6-13(17)10-20(8-11,9-12)19(26)27/h1-2,7,11-13,17H,3-6,8-10H2,(H,24,25)(H,26,27)/t11?,12-,13+,17?,20?. The maximum atomic E-state index is 13.3. The molecule has 1 amide bonds. The number of benzene rings is 1. The molecular weight excluding hydrogens is 385 g/mol. The highest BCUT2D eigenvalue weighted by molar-refractivity contribution is 6.35. The molecule has 5 saturated carbocycles. The predicted octanol–water partition coefficient (Wildman–Crippen LogP) is 4.42. The van der Waals surface area contributed by atoms with Crippen LogP contribution in [0.5, 0.6) is 0 Å². The molecule has 0 aromatic heterocycles. The summed E-state index contributed by atoms with van der Waals surface area (Å²) in [5.74, 6) is 0.486. The van der Waals surface area contributed by atoms with E-state index in [0.717, 1.165) is 37.7 Å². The van der Waals surface area contributed by atoms with Crippen LogP contribution in [0.4, 0.5) is 0 Å². The van der Waals surface area contributed by atoms with E-state index in [4.69, 9.17) is 23.2 Å². The topological polar surface area (TPSA) is 66.4 Å². The van der Waals surface area contributed by atoms with Gasteiger partial charge in [0.1, 0.15) is 0 Å². The van der Waals surface area contributed by atoms with Gasteiger partial charge in [0.2, 0.25) is 5.91 Å². The molecule has 3 unspecified atom stereocenters. The highest BCUT2D eigenvalue weighted by atomic mass is 35.5. The fraction of sp³-hybridized carbons (Fsp3) is 0.619. The van der Waals surface area contributed by atoms with Crippen molar-refractivity contribution in [2.75, 3.05) is 0 Å². The molecule has 5 atom stereocenters. The second kappa shape index (κ2) is 5.87. The lowest BCUT2D eigenvalue weighted by Crippen LogP contribution is -2.61. The van der Waals surface area contributed by atoms with Crippen LogP contribution >= 0.6 is 23.2 Å². The molecule has 0 heterocycles. The van der Waals surface area contributed by atoms with Crippen molar-refractivity contribution < 1.29 is 14.7 Å². The summed E-state index contributed by atoms with van der Waals surface area (Å²) >= 11 is 12.4.